The third-order valence-corrected chi connectivity index (χ3v) is 21.1. The maximum Gasteiger partial charge on any atom is 0.291 e. The SMILES string of the molecule is CC(=O)Nc1cn(C)c(C(=O)Nc2cc(C(=O)Nc3cc(C(=O)NCCC(=O)Nc4cn(C)c(C(=O)Nc5cc(C(=O)NCCCC(=O)Cc6cc(C(=O)Cc7cc(C(=O)CCCC(=O)Cc8cc(C(=O)Cc9ccc%10[nH]c(C(=O)N%11CC(CCl)c%12c%11cc(O)c%11ccccc%12%11)cc%10c9)n(C)c8)n(C)c7)n(C)c6)n(C)c5)n4)n(C)c3)n(C)c2)n1. The fourth-order valence-corrected chi connectivity index (χ4v) is 15.3. The predicted octanol–water partition coefficient (Wildman–Crippen LogP) is 9.32. The molecule has 0 spiro atoms. The van der Waals surface area contributed by atoms with Gasteiger partial charge in [-0.1, -0.05) is 30.3 Å². The molecular weight excluding hydrogens is 1550 g/mol. The number of phenols is 1. The van der Waals surface area contributed by atoms with E-state index < -0.39 is 35.4 Å². The van der Waals surface area contributed by atoms with Crippen LogP contribution in [0, 0.1) is 0 Å². The smallest absolute Gasteiger partial charge is 0.291 e. The summed E-state index contributed by atoms with van der Waals surface area (Å²) in [6.45, 7) is 1.75. The molecule has 3 aromatic carbocycles. The van der Waals surface area contributed by atoms with Gasteiger partial charge in [0.15, 0.2) is 29.0 Å². The van der Waals surface area contributed by atoms with Gasteiger partial charge in [0.2, 0.25) is 23.5 Å². The Morgan fingerprint density at radius 1 is 0.454 bits per heavy atom. The van der Waals surface area contributed by atoms with Crippen LogP contribution in [0.1, 0.15) is 174 Å². The summed E-state index contributed by atoms with van der Waals surface area (Å²) >= 11 is 6.44. The number of ketones is 5. The van der Waals surface area contributed by atoms with Crippen LogP contribution in [0.15, 0.2) is 141 Å². The van der Waals surface area contributed by atoms with Crippen molar-refractivity contribution >= 4 is 144 Å². The van der Waals surface area contributed by atoms with Crippen molar-refractivity contribution in [2.24, 2.45) is 56.4 Å². The van der Waals surface area contributed by atoms with Crippen molar-refractivity contribution in [1.82, 2.24) is 62.1 Å². The average Bonchev–Trinajstić information content (AvgIpc) is 1.58. The molecule has 0 saturated heterocycles. The van der Waals surface area contributed by atoms with E-state index in [-0.39, 0.29) is 163 Å². The first kappa shape index (κ1) is 82.7. The van der Waals surface area contributed by atoms with Gasteiger partial charge in [-0.15, -0.1) is 11.6 Å². The lowest BCUT2D eigenvalue weighted by atomic mass is 9.95. The lowest BCUT2D eigenvalue weighted by Gasteiger charge is -2.17. The number of aromatic amines is 1. The molecular formula is C85H88ClN19O14. The van der Waals surface area contributed by atoms with Crippen molar-refractivity contribution in [2.45, 2.75) is 77.0 Å². The van der Waals surface area contributed by atoms with Gasteiger partial charge in [0.1, 0.15) is 40.1 Å². The van der Waals surface area contributed by atoms with Gasteiger partial charge in [-0.05, 0) is 101 Å². The molecule has 1 unspecified atom stereocenters. The lowest BCUT2D eigenvalue weighted by Crippen LogP contribution is -2.30. The third kappa shape index (κ3) is 18.8. The average molecular weight is 1640 g/mol. The molecule has 1 aliphatic heterocycles. The molecule has 1 aliphatic rings. The first-order valence-electron chi connectivity index (χ1n) is 38.3. The Hall–Kier alpha value is -14.2. The number of anilines is 6. The number of aromatic nitrogens is 11. The molecule has 12 aromatic rings. The fraction of sp³-hybridized carbons (Fsp3) is 0.282. The minimum absolute atomic E-state index is 0.00887. The number of nitrogens with zero attached hydrogens (tertiary/aromatic N) is 11. The second kappa shape index (κ2) is 35.1. The van der Waals surface area contributed by atoms with Gasteiger partial charge in [-0.3, -0.25) is 62.3 Å². The van der Waals surface area contributed by atoms with Crippen molar-refractivity contribution in [3.8, 4) is 5.75 Å². The summed E-state index contributed by atoms with van der Waals surface area (Å²) in [5.74, 6) is -4.17. The van der Waals surface area contributed by atoms with Crippen LogP contribution in [0.25, 0.3) is 21.7 Å². The number of H-pyrrole nitrogens is 1. The molecule has 119 heavy (non-hydrogen) atoms. The number of fused-ring (bicyclic) bond motifs is 4. The van der Waals surface area contributed by atoms with E-state index >= 15 is 0 Å². The number of hydrogen-bond donors (Lipinski definition) is 9. The van der Waals surface area contributed by atoms with Crippen LogP contribution < -0.4 is 42.1 Å². The van der Waals surface area contributed by atoms with E-state index in [1.165, 1.54) is 78.9 Å². The first-order chi connectivity index (χ1) is 56.8. The molecule has 0 fully saturated rings. The maximum atomic E-state index is 14.1. The number of amides is 8. The minimum Gasteiger partial charge on any atom is -0.507 e. The number of imidazole rings is 2. The van der Waals surface area contributed by atoms with Gasteiger partial charge in [0, 0.05) is 218 Å². The number of halogens is 1. The topological polar surface area (TPSA) is 411 Å². The highest BCUT2D eigenvalue weighted by atomic mass is 35.5. The maximum absolute atomic E-state index is 14.1. The zero-order valence-corrected chi connectivity index (χ0v) is 67.6. The van der Waals surface area contributed by atoms with Crippen LogP contribution in [0.5, 0.6) is 5.75 Å². The molecule has 1 atom stereocenters. The predicted molar refractivity (Wildman–Crippen MR) is 445 cm³/mol. The molecule has 9 N–H and O–H groups in total. The van der Waals surface area contributed by atoms with Crippen LogP contribution >= 0.6 is 11.6 Å². The van der Waals surface area contributed by atoms with E-state index in [9.17, 15) is 67.4 Å². The molecule has 10 heterocycles. The normalized spacial score (nSPS) is 12.4. The number of alkyl halides is 1. The molecule has 34 heteroatoms. The summed E-state index contributed by atoms with van der Waals surface area (Å²) < 4.78 is 12.4. The van der Waals surface area contributed by atoms with Crippen LogP contribution in [0.4, 0.5) is 34.4 Å². The van der Waals surface area contributed by atoms with Gasteiger partial charge >= 0.3 is 0 Å². The molecule has 0 aliphatic carbocycles. The zero-order chi connectivity index (χ0) is 84.9. The summed E-state index contributed by atoms with van der Waals surface area (Å²) in [4.78, 5) is 186. The van der Waals surface area contributed by atoms with Gasteiger partial charge in [-0.2, -0.15) is 0 Å². The summed E-state index contributed by atoms with van der Waals surface area (Å²) in [5, 5.41) is 32.0. The Kier molecular flexibility index (Phi) is 24.4. The van der Waals surface area contributed by atoms with Crippen LogP contribution in [-0.2, 0) is 101 Å². The number of rotatable bonds is 34. The fourth-order valence-electron chi connectivity index (χ4n) is 15.0. The number of aryl methyl sites for hydroxylation is 8. The Morgan fingerprint density at radius 2 is 0.933 bits per heavy atom. The summed E-state index contributed by atoms with van der Waals surface area (Å²) in [6, 6.07) is 25.9. The standard InChI is InChI=1S/C85H88ClN19O14/c1-47(106)89-74-45-103(8)78(95-74)83(117)92-56-35-69(102(7)44-56)82(116)90-54-33-68(100(5)42-54)81(115)88-23-21-76(113)94-75-46-104(9)79(96-75)84(118)91-55-34-67(101(6)43-55)80(114)87-22-13-15-58(108)26-50-28-65(99(4)39-50)73(112)31-51-29-63(97(2)40-51)70(109)18-12-14-57(107)25-49-27-64(98(3)38-49)72(111)30-48-19-20-61-52(24-48)32-62(93-61)85(119)105-41-53(37-86)77-60-17-11-10-16-59(60)71(110)36-66(77)105/h10-11,16-17,19-20,24,27-29,32-36,38-40,42-46,53,93,110H,12-15,18,21-23,25-26,30-31,37,41H2,1-9H3,(H,87,114)(H,88,115)(H,89,106)(H,90,116)(H,91,118)(H,92,117)(H,94,113). The molecule has 8 amide bonds. The van der Waals surface area contributed by atoms with Crippen molar-refractivity contribution < 1.29 is 67.4 Å². The number of benzene rings is 3. The molecule has 0 saturated carbocycles. The Balaban J connectivity index is 0.497. The van der Waals surface area contributed by atoms with Gasteiger partial charge < -0.3 is 88.7 Å². The molecule has 614 valence electrons. The Labute approximate surface area is 686 Å². The number of nitrogens with one attached hydrogen (secondary N) is 8. The first-order valence-corrected chi connectivity index (χ1v) is 38.8. The molecule has 13 rings (SSSR count). The minimum atomic E-state index is -0.641. The zero-order valence-electron chi connectivity index (χ0n) is 66.8. The molecule has 0 bridgehead atoms. The quantitative estimate of drug-likeness (QED) is 0.0103. The van der Waals surface area contributed by atoms with E-state index in [1.807, 2.05) is 42.5 Å². The van der Waals surface area contributed by atoms with E-state index in [1.54, 1.807) is 124 Å². The van der Waals surface area contributed by atoms with Crippen molar-refractivity contribution in [3.05, 3.63) is 220 Å². The number of carbonyl (C=O) groups is 13. The highest BCUT2D eigenvalue weighted by molar-refractivity contribution is 6.19. The lowest BCUT2D eigenvalue weighted by molar-refractivity contribution is -0.119. The Bertz CT molecular complexity index is 6120. The van der Waals surface area contributed by atoms with E-state index in [0.29, 0.717) is 87.2 Å². The molecule has 9 aromatic heterocycles. The highest BCUT2D eigenvalue weighted by Gasteiger charge is 2.36. The number of hydrogen-bond acceptors (Lipinski definition) is 16. The van der Waals surface area contributed by atoms with Crippen molar-refractivity contribution in [3.63, 3.8) is 0 Å². The van der Waals surface area contributed by atoms with Crippen LogP contribution in [-0.4, -0.2) is 158 Å². The second-order valence-electron chi connectivity index (χ2n) is 29.9. The monoisotopic (exact) mass is 1630 g/mol. The van der Waals surface area contributed by atoms with Crippen LogP contribution in [0.3, 0.4) is 0 Å². The third-order valence-electron chi connectivity index (χ3n) is 20.7. The summed E-state index contributed by atoms with van der Waals surface area (Å²) in [5.41, 5.74) is 7.93. The van der Waals surface area contributed by atoms with Gasteiger partial charge in [0.25, 0.3) is 35.4 Å². The highest BCUT2D eigenvalue weighted by Crippen LogP contribution is 2.46. The second-order valence-corrected chi connectivity index (χ2v) is 30.2. The van der Waals surface area contributed by atoms with Gasteiger partial charge in [-0.25, -0.2) is 9.97 Å². The number of phenolic OH excluding ortho intramolecular Hbond substituents is 1. The van der Waals surface area contributed by atoms with Crippen molar-refractivity contribution in [1.29, 1.82) is 0 Å². The Morgan fingerprint density at radius 3 is 1.48 bits per heavy atom. The van der Waals surface area contributed by atoms with E-state index in [4.69, 9.17) is 11.6 Å². The number of aromatic hydroxyl groups is 1. The van der Waals surface area contributed by atoms with Crippen molar-refractivity contribution in [2.75, 3.05) is 57.0 Å². The van der Waals surface area contributed by atoms with Gasteiger partial charge in [0.05, 0.1) is 39.8 Å². The van der Waals surface area contributed by atoms with Crippen LogP contribution in [0.2, 0.25) is 0 Å². The number of carbonyl (C=O) groups excluding carboxylic acids is 13. The largest absolute Gasteiger partial charge is 0.507 e. The number of Topliss-reactive ketones (excluding diaryl/α,β-unsaturated/α-hetero) is 5. The molecule has 33 nitrogen and oxygen atoms in total. The molecule has 0 radical (unpaired) electrons. The van der Waals surface area contributed by atoms with E-state index in [0.717, 1.165) is 27.4 Å². The van der Waals surface area contributed by atoms with E-state index in [2.05, 4.69) is 52.2 Å². The summed E-state index contributed by atoms with van der Waals surface area (Å²) in [6.07, 6.45) is 13.7. The summed E-state index contributed by atoms with van der Waals surface area (Å²) in [7, 11) is 13.2.